The molecule has 1 amide bonds. The van der Waals surface area contributed by atoms with Crippen LogP contribution in [0.1, 0.15) is 12.0 Å². The molecular weight excluding hydrogens is 396 g/mol. The quantitative estimate of drug-likeness (QED) is 0.634. The molecule has 0 aliphatic carbocycles. The molecule has 1 aromatic heterocycles. The second-order valence-corrected chi connectivity index (χ2v) is 8.37. The highest BCUT2D eigenvalue weighted by atomic mass is 32.2. The zero-order valence-electron chi connectivity index (χ0n) is 15.3. The number of nitrogens with zero attached hydrogens (tertiary/aromatic N) is 2. The van der Waals surface area contributed by atoms with Gasteiger partial charge in [-0.05, 0) is 36.2 Å². The number of hydrogen-bond donors (Lipinski definition) is 2. The van der Waals surface area contributed by atoms with E-state index in [0.717, 1.165) is 5.56 Å². The molecule has 0 radical (unpaired) electrons. The number of primary sulfonamides is 1. The molecule has 9 nitrogen and oxygen atoms in total. The van der Waals surface area contributed by atoms with Crippen molar-refractivity contribution in [1.82, 2.24) is 9.55 Å². The van der Waals surface area contributed by atoms with Crippen LogP contribution < -0.4 is 21.3 Å². The van der Waals surface area contributed by atoms with Gasteiger partial charge in [-0.1, -0.05) is 18.2 Å². The van der Waals surface area contributed by atoms with Gasteiger partial charge in [0.25, 0.3) is 5.56 Å². The molecule has 0 spiro atoms. The highest BCUT2D eigenvalue weighted by molar-refractivity contribution is 7.89. The molecule has 29 heavy (non-hydrogen) atoms. The van der Waals surface area contributed by atoms with E-state index in [-0.39, 0.29) is 23.8 Å². The van der Waals surface area contributed by atoms with Crippen molar-refractivity contribution in [1.29, 1.82) is 0 Å². The number of amides is 1. The Hall–Kier alpha value is -3.24. The van der Waals surface area contributed by atoms with Gasteiger partial charge in [-0.15, -0.1) is 0 Å². The van der Waals surface area contributed by atoms with Gasteiger partial charge in [-0.3, -0.25) is 19.1 Å². The predicted molar refractivity (Wildman–Crippen MR) is 107 cm³/mol. The number of benzene rings is 2. The van der Waals surface area contributed by atoms with Gasteiger partial charge in [0.1, 0.15) is 0 Å². The minimum absolute atomic E-state index is 0.00892. The van der Waals surface area contributed by atoms with Crippen LogP contribution >= 0.6 is 0 Å². The van der Waals surface area contributed by atoms with Gasteiger partial charge in [-0.25, -0.2) is 18.4 Å². The van der Waals surface area contributed by atoms with E-state index in [0.29, 0.717) is 29.6 Å². The van der Waals surface area contributed by atoms with Crippen molar-refractivity contribution in [3.8, 4) is 0 Å². The number of carbonyl (C=O) groups is 1. The Morgan fingerprint density at radius 3 is 2.66 bits per heavy atom. The molecule has 0 atom stereocenters. The van der Waals surface area contributed by atoms with E-state index >= 15 is 0 Å². The van der Waals surface area contributed by atoms with E-state index in [1.165, 1.54) is 21.6 Å². The number of para-hydroxylation sites is 1. The van der Waals surface area contributed by atoms with Crippen LogP contribution in [0.15, 0.2) is 56.9 Å². The third-order valence-electron chi connectivity index (χ3n) is 5.04. The number of carbonyl (C=O) groups excluding carboxylic acids is 1. The summed E-state index contributed by atoms with van der Waals surface area (Å²) in [6, 6.07) is 11.2. The summed E-state index contributed by atoms with van der Waals surface area (Å²) in [5.41, 5.74) is 0.766. The number of nitrogens with two attached hydrogens (primary N) is 1. The molecule has 0 bridgehead atoms. The molecule has 1 aliphatic rings. The first-order chi connectivity index (χ1) is 13.8. The van der Waals surface area contributed by atoms with E-state index in [1.807, 2.05) is 0 Å². The third kappa shape index (κ3) is 3.47. The van der Waals surface area contributed by atoms with Gasteiger partial charge >= 0.3 is 5.69 Å². The van der Waals surface area contributed by atoms with Gasteiger partial charge in [-0.2, -0.15) is 0 Å². The molecule has 3 N–H and O–H groups in total. The minimum atomic E-state index is -3.88. The summed E-state index contributed by atoms with van der Waals surface area (Å²) >= 11 is 0. The van der Waals surface area contributed by atoms with Crippen molar-refractivity contribution in [3.05, 3.63) is 68.9 Å². The second kappa shape index (κ2) is 6.98. The maximum atomic E-state index is 12.8. The molecule has 0 saturated carbocycles. The zero-order valence-corrected chi connectivity index (χ0v) is 16.1. The van der Waals surface area contributed by atoms with Crippen LogP contribution in [0.5, 0.6) is 0 Å². The van der Waals surface area contributed by atoms with Gasteiger partial charge in [0.05, 0.1) is 15.8 Å². The molecule has 1 aliphatic heterocycles. The normalized spacial score (nSPS) is 13.6. The van der Waals surface area contributed by atoms with Crippen molar-refractivity contribution in [2.45, 2.75) is 24.3 Å². The van der Waals surface area contributed by atoms with Gasteiger partial charge in [0.2, 0.25) is 15.9 Å². The lowest BCUT2D eigenvalue weighted by molar-refractivity contribution is -0.118. The number of sulfonamides is 1. The van der Waals surface area contributed by atoms with Crippen LogP contribution in [0.3, 0.4) is 0 Å². The predicted octanol–water partition coefficient (Wildman–Crippen LogP) is 0.317. The van der Waals surface area contributed by atoms with E-state index in [4.69, 9.17) is 5.14 Å². The molecule has 0 unspecified atom stereocenters. The largest absolute Gasteiger partial charge is 0.328 e. The van der Waals surface area contributed by atoms with Crippen molar-refractivity contribution in [3.63, 3.8) is 0 Å². The summed E-state index contributed by atoms with van der Waals surface area (Å²) < 4.78 is 24.6. The standard InChI is InChI=1S/C19H18N4O5S/c20-29(27,28)13-6-5-12-7-9-22(16(12)11-13)17(24)8-10-23-15-4-2-1-3-14(15)18(25)21-19(23)26/h1-6,11H,7-10H2,(H2,20,27,28)(H,21,25,26). The first-order valence-electron chi connectivity index (χ1n) is 8.93. The number of aromatic amines is 1. The fraction of sp³-hybridized carbons (Fsp3) is 0.211. The fourth-order valence-electron chi connectivity index (χ4n) is 3.60. The highest BCUT2D eigenvalue weighted by Gasteiger charge is 2.26. The van der Waals surface area contributed by atoms with Gasteiger partial charge in [0.15, 0.2) is 0 Å². The summed E-state index contributed by atoms with van der Waals surface area (Å²) in [5.74, 6) is -0.252. The average molecular weight is 414 g/mol. The van der Waals surface area contributed by atoms with E-state index in [1.54, 1.807) is 30.3 Å². The first-order valence-corrected chi connectivity index (χ1v) is 10.5. The number of aromatic nitrogens is 2. The minimum Gasteiger partial charge on any atom is -0.312 e. The number of nitrogens with one attached hydrogen (secondary N) is 1. The Labute approximate surface area is 165 Å². The van der Waals surface area contributed by atoms with Crippen molar-refractivity contribution in [2.24, 2.45) is 5.14 Å². The average Bonchev–Trinajstić information content (AvgIpc) is 3.10. The Morgan fingerprint density at radius 1 is 1.14 bits per heavy atom. The fourth-order valence-corrected chi connectivity index (χ4v) is 4.14. The van der Waals surface area contributed by atoms with Crippen LogP contribution in [0.2, 0.25) is 0 Å². The van der Waals surface area contributed by atoms with Crippen molar-refractivity contribution >= 4 is 32.5 Å². The molecule has 2 heterocycles. The topological polar surface area (TPSA) is 135 Å². The molecule has 4 rings (SSSR count). The summed E-state index contributed by atoms with van der Waals surface area (Å²) in [7, 11) is -3.88. The van der Waals surface area contributed by atoms with Crippen LogP contribution in [-0.4, -0.2) is 30.4 Å². The molecule has 3 aromatic rings. The Morgan fingerprint density at radius 2 is 1.90 bits per heavy atom. The SMILES string of the molecule is NS(=O)(=O)c1ccc2c(c1)N(C(=O)CCn1c(=O)[nH]c(=O)c3ccccc31)CC2. The molecule has 150 valence electrons. The molecule has 2 aromatic carbocycles. The summed E-state index contributed by atoms with van der Waals surface area (Å²) in [5, 5.41) is 5.56. The number of rotatable bonds is 4. The van der Waals surface area contributed by atoms with E-state index in [9.17, 15) is 22.8 Å². The van der Waals surface area contributed by atoms with Crippen LogP contribution in [0, 0.1) is 0 Å². The Bertz CT molecular complexity index is 1360. The third-order valence-corrected chi connectivity index (χ3v) is 5.95. The monoisotopic (exact) mass is 414 g/mol. The van der Waals surface area contributed by atoms with Gasteiger partial charge < -0.3 is 4.90 Å². The van der Waals surface area contributed by atoms with Crippen LogP contribution in [0.4, 0.5) is 5.69 Å². The molecular formula is C19H18N4O5S. The van der Waals surface area contributed by atoms with Crippen LogP contribution in [0.25, 0.3) is 10.9 Å². The van der Waals surface area contributed by atoms with Crippen molar-refractivity contribution in [2.75, 3.05) is 11.4 Å². The van der Waals surface area contributed by atoms with Crippen LogP contribution in [-0.2, 0) is 27.8 Å². The smallest absolute Gasteiger partial charge is 0.312 e. The van der Waals surface area contributed by atoms with E-state index in [2.05, 4.69) is 4.98 Å². The maximum Gasteiger partial charge on any atom is 0.328 e. The summed E-state index contributed by atoms with van der Waals surface area (Å²) in [6.07, 6.45) is 0.614. The second-order valence-electron chi connectivity index (χ2n) is 6.81. The number of hydrogen-bond acceptors (Lipinski definition) is 5. The highest BCUT2D eigenvalue weighted by Crippen LogP contribution is 2.30. The number of anilines is 1. The lowest BCUT2D eigenvalue weighted by Gasteiger charge is -2.18. The first kappa shape index (κ1) is 19.1. The number of aryl methyl sites for hydroxylation is 1. The Balaban J connectivity index is 1.61. The lowest BCUT2D eigenvalue weighted by Crippen LogP contribution is -2.34. The summed E-state index contributed by atoms with van der Waals surface area (Å²) in [6.45, 7) is 0.499. The number of H-pyrrole nitrogens is 1. The van der Waals surface area contributed by atoms with Crippen molar-refractivity contribution < 1.29 is 13.2 Å². The molecule has 0 fully saturated rings. The number of fused-ring (bicyclic) bond motifs is 2. The Kier molecular flexibility index (Phi) is 4.59. The summed E-state index contributed by atoms with van der Waals surface area (Å²) in [4.78, 5) is 40.7. The lowest BCUT2D eigenvalue weighted by atomic mass is 10.2. The molecule has 0 saturated heterocycles. The molecule has 10 heteroatoms. The maximum absolute atomic E-state index is 12.8. The zero-order chi connectivity index (χ0) is 20.8. The van der Waals surface area contributed by atoms with E-state index < -0.39 is 21.3 Å². The van der Waals surface area contributed by atoms with Gasteiger partial charge in [0, 0.05) is 25.2 Å².